The Kier molecular flexibility index (Phi) is 6.33. The molecule has 0 radical (unpaired) electrons. The Morgan fingerprint density at radius 3 is 2.10 bits per heavy atom. The minimum atomic E-state index is -5.04. The van der Waals surface area contributed by atoms with Gasteiger partial charge in [0.25, 0.3) is 20.2 Å². The first kappa shape index (κ1) is 22.8. The summed E-state index contributed by atoms with van der Waals surface area (Å²) in [7, 11) is -9.93. The van der Waals surface area contributed by atoms with Crippen molar-refractivity contribution in [3.63, 3.8) is 0 Å². The summed E-state index contributed by atoms with van der Waals surface area (Å²) in [6.45, 7) is 0. The van der Waals surface area contributed by atoms with Crippen molar-refractivity contribution < 1.29 is 54.9 Å². The number of benzene rings is 3. The number of nitrogens with zero attached hydrogens (tertiary/aromatic N) is 2. The summed E-state index contributed by atoms with van der Waals surface area (Å²) in [5.74, 6) is -1.36. The summed E-state index contributed by atoms with van der Waals surface area (Å²) in [6, 6.07) is 10.8. The van der Waals surface area contributed by atoms with Crippen molar-refractivity contribution >= 4 is 42.4 Å². The Bertz CT molecular complexity index is 1340. The molecule has 3 aromatic rings. The van der Waals surface area contributed by atoms with Crippen molar-refractivity contribution in [2.75, 3.05) is 0 Å². The zero-order valence-electron chi connectivity index (χ0n) is 15.2. The van der Waals surface area contributed by atoms with Crippen LogP contribution in [-0.4, -0.2) is 36.2 Å². The maximum Gasteiger partial charge on any atom is 1.00 e. The number of fused-ring (bicyclic) bond motifs is 1. The van der Waals surface area contributed by atoms with Gasteiger partial charge in [-0.3, -0.25) is 9.11 Å². The topological polar surface area (TPSA) is 174 Å². The largest absolute Gasteiger partial charge is 1.00 e. The summed E-state index contributed by atoms with van der Waals surface area (Å²) < 4.78 is 63.9. The molecule has 152 valence electrons. The predicted octanol–water partition coefficient (Wildman–Crippen LogP) is 3.27. The molecule has 10 nitrogen and oxygen atoms in total. The zero-order valence-corrected chi connectivity index (χ0v) is 17.1. The SMILES string of the molecule is O=S(=O)(O)c1cc(N=Nc2c(O)ccc3ccccc23)c(O)c(S(=O)(=O)O)c1.[Cr].[H+]. The van der Waals surface area contributed by atoms with Crippen LogP contribution in [0.1, 0.15) is 1.43 Å². The monoisotopic (exact) mass is 477 g/mol. The third-order valence-corrected chi connectivity index (χ3v) is 5.44. The van der Waals surface area contributed by atoms with Crippen LogP contribution in [0, 0.1) is 0 Å². The van der Waals surface area contributed by atoms with Crippen LogP contribution in [0.3, 0.4) is 0 Å². The van der Waals surface area contributed by atoms with Gasteiger partial charge in [0.2, 0.25) is 0 Å². The van der Waals surface area contributed by atoms with Crippen molar-refractivity contribution in [1.29, 1.82) is 0 Å². The molecule has 0 amide bonds. The van der Waals surface area contributed by atoms with Gasteiger partial charge in [0.1, 0.15) is 22.0 Å². The van der Waals surface area contributed by atoms with Gasteiger partial charge < -0.3 is 10.2 Å². The fourth-order valence-corrected chi connectivity index (χ4v) is 3.67. The standard InChI is InChI=1S/C16H12N2O8S2.Cr/c19-13-6-5-9-3-1-2-4-11(9)15(13)18-17-12-7-10(27(21,22)23)8-14(16(12)20)28(24,25)26;/h1-8,19-20H,(H,21,22,23)(H,24,25,26);/p+1. The van der Waals surface area contributed by atoms with Crippen LogP contribution in [0.25, 0.3) is 10.8 Å². The van der Waals surface area contributed by atoms with E-state index in [0.717, 1.165) is 0 Å². The van der Waals surface area contributed by atoms with Crippen LogP contribution < -0.4 is 0 Å². The predicted molar refractivity (Wildman–Crippen MR) is 98.6 cm³/mol. The van der Waals surface area contributed by atoms with Gasteiger partial charge in [0, 0.05) is 22.7 Å². The summed E-state index contributed by atoms with van der Waals surface area (Å²) in [6.07, 6.45) is 0. The molecule has 0 aliphatic heterocycles. The maximum atomic E-state index is 11.4. The molecule has 4 N–H and O–H groups in total. The Morgan fingerprint density at radius 2 is 1.48 bits per heavy atom. The Labute approximate surface area is 177 Å². The van der Waals surface area contributed by atoms with Crippen molar-refractivity contribution in [3.8, 4) is 11.5 Å². The average molecular weight is 477 g/mol. The fraction of sp³-hybridized carbons (Fsp3) is 0. The number of rotatable bonds is 4. The van der Waals surface area contributed by atoms with E-state index in [4.69, 9.17) is 4.55 Å². The van der Waals surface area contributed by atoms with Crippen LogP contribution in [-0.2, 0) is 37.6 Å². The third-order valence-electron chi connectivity index (χ3n) is 3.74. The Hall–Kier alpha value is -2.53. The summed E-state index contributed by atoms with van der Waals surface area (Å²) in [4.78, 5) is -2.12. The van der Waals surface area contributed by atoms with Gasteiger partial charge >= 0.3 is 1.43 Å². The quantitative estimate of drug-likeness (QED) is 0.327. The van der Waals surface area contributed by atoms with Gasteiger partial charge in [0.15, 0.2) is 5.75 Å². The summed E-state index contributed by atoms with van der Waals surface area (Å²) >= 11 is 0. The first-order chi connectivity index (χ1) is 13.0. The van der Waals surface area contributed by atoms with E-state index in [-0.39, 0.29) is 30.2 Å². The minimum Gasteiger partial charge on any atom is -0.506 e. The van der Waals surface area contributed by atoms with E-state index in [1.54, 1.807) is 30.3 Å². The molecule has 13 heteroatoms. The molecule has 0 unspecified atom stereocenters. The number of phenolic OH excluding ortho intramolecular Hbond substituents is 2. The molecule has 29 heavy (non-hydrogen) atoms. The van der Waals surface area contributed by atoms with Gasteiger partial charge in [-0.2, -0.15) is 16.8 Å². The molecular formula is C16H13CrN2O8S2+. The molecule has 0 spiro atoms. The molecular weight excluding hydrogens is 464 g/mol. The number of aromatic hydroxyl groups is 2. The molecule has 3 rings (SSSR count). The van der Waals surface area contributed by atoms with Crippen LogP contribution >= 0.6 is 0 Å². The second-order valence-electron chi connectivity index (χ2n) is 5.59. The second kappa shape index (κ2) is 8.07. The first-order valence-electron chi connectivity index (χ1n) is 7.43. The molecule has 0 saturated carbocycles. The van der Waals surface area contributed by atoms with Gasteiger partial charge in [-0.05, 0) is 23.6 Å². The van der Waals surface area contributed by atoms with Crippen molar-refractivity contribution in [2.45, 2.75) is 9.79 Å². The van der Waals surface area contributed by atoms with Crippen LogP contribution in [0.5, 0.6) is 11.5 Å². The summed E-state index contributed by atoms with van der Waals surface area (Å²) in [5, 5.41) is 28.6. The maximum absolute atomic E-state index is 11.4. The molecule has 3 aromatic carbocycles. The molecule has 0 aliphatic carbocycles. The van der Waals surface area contributed by atoms with E-state index < -0.39 is 41.5 Å². The smallest absolute Gasteiger partial charge is 0.506 e. The number of azo groups is 1. The second-order valence-corrected chi connectivity index (χ2v) is 8.41. The van der Waals surface area contributed by atoms with Gasteiger partial charge in [0.05, 0.1) is 4.90 Å². The Balaban J connectivity index is 0.00000225. The molecule has 0 atom stereocenters. The molecule has 0 aromatic heterocycles. The molecule has 0 fully saturated rings. The van der Waals surface area contributed by atoms with E-state index in [1.807, 2.05) is 0 Å². The minimum absolute atomic E-state index is 0. The van der Waals surface area contributed by atoms with Crippen LogP contribution in [0.2, 0.25) is 0 Å². The fourth-order valence-electron chi connectivity index (χ4n) is 2.44. The third kappa shape index (κ3) is 4.73. The van der Waals surface area contributed by atoms with Gasteiger partial charge in [-0.25, -0.2) is 0 Å². The van der Waals surface area contributed by atoms with Crippen molar-refractivity contribution in [2.24, 2.45) is 10.2 Å². The first-order valence-corrected chi connectivity index (χ1v) is 10.3. The van der Waals surface area contributed by atoms with Gasteiger partial charge in [-0.1, -0.05) is 30.3 Å². The van der Waals surface area contributed by atoms with E-state index in [1.165, 1.54) is 6.07 Å². The number of hydrogen-bond donors (Lipinski definition) is 4. The molecule has 0 saturated heterocycles. The van der Waals surface area contributed by atoms with Crippen molar-refractivity contribution in [1.82, 2.24) is 0 Å². The van der Waals surface area contributed by atoms with E-state index in [2.05, 4.69) is 10.2 Å². The normalized spacial score (nSPS) is 12.2. The Morgan fingerprint density at radius 1 is 0.828 bits per heavy atom. The van der Waals surface area contributed by atoms with Crippen molar-refractivity contribution in [3.05, 3.63) is 48.5 Å². The summed E-state index contributed by atoms with van der Waals surface area (Å²) in [5.41, 5.74) is -0.696. The number of hydrogen-bond acceptors (Lipinski definition) is 8. The molecule has 0 aliphatic rings. The van der Waals surface area contributed by atoms with Gasteiger partial charge in [-0.15, -0.1) is 10.2 Å². The zero-order chi connectivity index (χ0) is 20.7. The van der Waals surface area contributed by atoms with E-state index in [9.17, 15) is 31.6 Å². The van der Waals surface area contributed by atoms with E-state index >= 15 is 0 Å². The molecule has 0 bridgehead atoms. The molecule has 0 heterocycles. The average Bonchev–Trinajstić information content (AvgIpc) is 2.60. The van der Waals surface area contributed by atoms with E-state index in [0.29, 0.717) is 22.9 Å². The van der Waals surface area contributed by atoms with Crippen LogP contribution in [0.15, 0.2) is 68.6 Å². The number of phenols is 2. The van der Waals surface area contributed by atoms with Crippen LogP contribution in [0.4, 0.5) is 11.4 Å².